The second-order valence-corrected chi connectivity index (χ2v) is 27.6. The van der Waals surface area contributed by atoms with E-state index in [1.54, 1.807) is 81.4 Å². The highest BCUT2D eigenvalue weighted by atomic mass is 16.7. The summed E-state index contributed by atoms with van der Waals surface area (Å²) in [4.78, 5) is 171. The normalized spacial score (nSPS) is 26.9. The zero-order valence-electron chi connectivity index (χ0n) is 60.1. The number of amides is 11. The molecule has 1 rings (SSSR count). The minimum atomic E-state index is -1.64. The molecule has 0 bridgehead atoms. The number of rotatable bonds is 19. The van der Waals surface area contributed by atoms with Gasteiger partial charge >= 0.3 is 0 Å². The summed E-state index contributed by atoms with van der Waals surface area (Å²) in [5.74, 6) is -10.1. The zero-order valence-corrected chi connectivity index (χ0v) is 60.1. The second kappa shape index (κ2) is 37.5. The van der Waals surface area contributed by atoms with E-state index < -0.39 is 161 Å². The highest BCUT2D eigenvalue weighted by molar-refractivity contribution is 6.00. The van der Waals surface area contributed by atoms with Crippen molar-refractivity contribution in [3.8, 4) is 0 Å². The van der Waals surface area contributed by atoms with E-state index in [0.29, 0.717) is 13.0 Å². The van der Waals surface area contributed by atoms with Gasteiger partial charge < -0.3 is 70.1 Å². The number of hydrogen-bond donors (Lipinski definition) is 5. The van der Waals surface area contributed by atoms with Gasteiger partial charge in [-0.2, -0.15) is 0 Å². The molecule has 1 saturated heterocycles. The molecule has 0 aromatic carbocycles. The lowest BCUT2D eigenvalue weighted by Crippen LogP contribution is -2.64. The Bertz CT molecular complexity index is 2490. The maximum atomic E-state index is 15.2. The van der Waals surface area contributed by atoms with E-state index in [9.17, 15) is 43.5 Å². The van der Waals surface area contributed by atoms with Gasteiger partial charge in [-0.05, 0) is 116 Å². The van der Waals surface area contributed by atoms with Crippen LogP contribution in [-0.4, -0.2) is 245 Å². The Morgan fingerprint density at radius 3 is 1.42 bits per heavy atom. The first-order chi connectivity index (χ1) is 42.0. The van der Waals surface area contributed by atoms with Gasteiger partial charge in [0, 0.05) is 62.4 Å². The summed E-state index contributed by atoms with van der Waals surface area (Å²) in [5, 5.41) is 23.2. The molecule has 1 fully saturated rings. The summed E-state index contributed by atoms with van der Waals surface area (Å²) in [6.07, 6.45) is 2.60. The lowest BCUT2D eigenvalue weighted by Gasteiger charge is -2.41. The number of ether oxygens (including phenoxy) is 2. The van der Waals surface area contributed by atoms with E-state index in [0.717, 1.165) is 14.7 Å². The Morgan fingerprint density at radius 2 is 0.945 bits per heavy atom. The first kappa shape index (κ1) is 82.8. The lowest BCUT2D eigenvalue weighted by atomic mass is 9.91. The SMILES string of the molecule is C/C=C/C[C@@H](C)[C@@H](O)[C@H]1C(=O)N[C@@H](CC)C(=O)N(C)[C@H](C)C(=O)N(C)[C@@H](CC(C)(C)OCOCC)C(=O)N[C@@H](C(C)C)C(=O)N(C)[C@@H](CC(C)C)C(=O)N[C@@H](C)C(=O)N[C@H](C)C(=O)N(C)[C@@H](CC(C)C)C(=O)N(C)[C@@H](CC(C)C)C(=O)N(C)[C@@H](C(C)C)C(=O)N1C. The fraction of sp³-hybridized carbons (Fsp3) is 0.803. The van der Waals surface area contributed by atoms with Crippen LogP contribution >= 0.6 is 0 Å². The third kappa shape index (κ3) is 23.4. The predicted molar refractivity (Wildman–Crippen MR) is 350 cm³/mol. The minimum absolute atomic E-state index is 0.0141. The third-order valence-corrected chi connectivity index (χ3v) is 17.3. The molecule has 25 heteroatoms. The summed E-state index contributed by atoms with van der Waals surface area (Å²) in [7, 11) is 9.84. The highest BCUT2D eigenvalue weighted by Crippen LogP contribution is 2.27. The van der Waals surface area contributed by atoms with Gasteiger partial charge in [-0.15, -0.1) is 0 Å². The quantitative estimate of drug-likeness (QED) is 0.0699. The van der Waals surface area contributed by atoms with E-state index in [1.165, 1.54) is 89.7 Å². The van der Waals surface area contributed by atoms with E-state index in [1.807, 2.05) is 41.5 Å². The first-order valence-corrected chi connectivity index (χ1v) is 32.6. The molecule has 5 N–H and O–H groups in total. The molecule has 0 saturated carbocycles. The van der Waals surface area contributed by atoms with Crippen molar-refractivity contribution in [1.29, 1.82) is 0 Å². The Kier molecular flexibility index (Phi) is 34.1. The predicted octanol–water partition coefficient (Wildman–Crippen LogP) is 3.79. The summed E-state index contributed by atoms with van der Waals surface area (Å²) in [6.45, 7) is 32.9. The van der Waals surface area contributed by atoms with Crippen molar-refractivity contribution in [2.75, 3.05) is 62.7 Å². The molecular formula is C66H119N11O14. The van der Waals surface area contributed by atoms with Gasteiger partial charge in [0.25, 0.3) is 0 Å². The van der Waals surface area contributed by atoms with Crippen molar-refractivity contribution in [2.45, 2.75) is 248 Å². The third-order valence-electron chi connectivity index (χ3n) is 17.3. The maximum absolute atomic E-state index is 15.2. The number of carbonyl (C=O) groups excluding carboxylic acids is 11. The molecule has 0 aromatic heterocycles. The van der Waals surface area contributed by atoms with Crippen molar-refractivity contribution >= 4 is 65.0 Å². The van der Waals surface area contributed by atoms with Crippen LogP contribution in [0.1, 0.15) is 170 Å². The monoisotopic (exact) mass is 1290 g/mol. The van der Waals surface area contributed by atoms with Crippen LogP contribution in [0.3, 0.4) is 0 Å². The largest absolute Gasteiger partial charge is 0.390 e. The molecule has 0 aliphatic carbocycles. The van der Waals surface area contributed by atoms with Crippen molar-refractivity contribution in [3.63, 3.8) is 0 Å². The van der Waals surface area contributed by atoms with Crippen LogP contribution in [0.4, 0.5) is 0 Å². The van der Waals surface area contributed by atoms with Gasteiger partial charge in [0.15, 0.2) is 0 Å². The van der Waals surface area contributed by atoms with Gasteiger partial charge in [-0.3, -0.25) is 52.7 Å². The summed E-state index contributed by atoms with van der Waals surface area (Å²) in [5.41, 5.74) is -1.14. The van der Waals surface area contributed by atoms with Crippen molar-refractivity contribution < 1.29 is 67.3 Å². The topological polar surface area (TPSA) is 297 Å². The van der Waals surface area contributed by atoms with Crippen LogP contribution < -0.4 is 21.3 Å². The Morgan fingerprint density at radius 1 is 0.495 bits per heavy atom. The number of carbonyl (C=O) groups is 11. The summed E-state index contributed by atoms with van der Waals surface area (Å²) in [6, 6.07) is -14.2. The number of nitrogens with zero attached hydrogens (tertiary/aromatic N) is 7. The average molecular weight is 1290 g/mol. The average Bonchev–Trinajstić information content (AvgIpc) is 0.896. The van der Waals surface area contributed by atoms with Crippen LogP contribution in [0.25, 0.3) is 0 Å². The van der Waals surface area contributed by atoms with E-state index in [2.05, 4.69) is 21.3 Å². The molecule has 0 radical (unpaired) electrons. The van der Waals surface area contributed by atoms with E-state index in [-0.39, 0.29) is 56.7 Å². The Balaban J connectivity index is 4.47. The number of hydrogen-bond acceptors (Lipinski definition) is 14. The van der Waals surface area contributed by atoms with Crippen LogP contribution in [0.2, 0.25) is 0 Å². The van der Waals surface area contributed by atoms with Gasteiger partial charge in [0.2, 0.25) is 65.0 Å². The summed E-state index contributed by atoms with van der Waals surface area (Å²) >= 11 is 0. The molecule has 0 unspecified atom stereocenters. The van der Waals surface area contributed by atoms with Crippen molar-refractivity contribution in [2.24, 2.45) is 35.5 Å². The van der Waals surface area contributed by atoms with Crippen molar-refractivity contribution in [3.05, 3.63) is 12.2 Å². The smallest absolute Gasteiger partial charge is 0.246 e. The second-order valence-electron chi connectivity index (χ2n) is 27.6. The maximum Gasteiger partial charge on any atom is 0.246 e. The number of allylic oxidation sites excluding steroid dienone is 2. The van der Waals surface area contributed by atoms with Gasteiger partial charge in [0.05, 0.1) is 11.7 Å². The van der Waals surface area contributed by atoms with Crippen LogP contribution in [0.15, 0.2) is 12.2 Å². The standard InChI is InChI=1S/C66H119N11O14/c1-27-30-31-42(14)54(78)53-58(82)69-46(28-2)61(85)71(20)45(17)60(84)75(24)50(35-66(18,19)91-36-90-29-3)57(81)70-51(40(10)11)64(88)72(21)47(32-37(4)5)56(80)67-43(15)55(79)68-44(16)59(83)73(22)48(33-38(6)7)62(86)74(23)49(34-39(8)9)63(87)76(25)52(41(12)13)65(89)77(53)26/h27,30,37-54,78H,28-29,31-36H2,1-26H3,(H,67,80)(H,68,79)(H,69,82)(H,70,81)/b30-27+/t42-,43+,44-,45-,46+,47+,48+,49+,50+,51+,52+,53+,54-/m1/s1. The Hall–Kier alpha value is -6.21. The van der Waals surface area contributed by atoms with Crippen LogP contribution in [0.5, 0.6) is 0 Å². The molecule has 91 heavy (non-hydrogen) atoms. The van der Waals surface area contributed by atoms with Crippen molar-refractivity contribution in [1.82, 2.24) is 55.6 Å². The number of aliphatic hydroxyl groups is 1. The Labute approximate surface area is 544 Å². The molecule has 11 amide bonds. The fourth-order valence-corrected chi connectivity index (χ4v) is 11.2. The molecule has 13 atom stereocenters. The molecule has 0 aromatic rings. The lowest BCUT2D eigenvalue weighted by molar-refractivity contribution is -0.157. The molecule has 522 valence electrons. The number of likely N-dealkylation sites (N-methyl/N-ethyl adjacent to an activating group) is 7. The number of nitrogens with one attached hydrogen (secondary N) is 4. The summed E-state index contributed by atoms with van der Waals surface area (Å²) < 4.78 is 11.5. The van der Waals surface area contributed by atoms with Gasteiger partial charge in [-0.25, -0.2) is 0 Å². The molecule has 1 aliphatic heterocycles. The van der Waals surface area contributed by atoms with Crippen LogP contribution in [-0.2, 0) is 62.2 Å². The fourth-order valence-electron chi connectivity index (χ4n) is 11.2. The van der Waals surface area contributed by atoms with Gasteiger partial charge in [0.1, 0.15) is 73.3 Å². The van der Waals surface area contributed by atoms with Crippen LogP contribution in [0, 0.1) is 35.5 Å². The highest BCUT2D eigenvalue weighted by Gasteiger charge is 2.46. The minimum Gasteiger partial charge on any atom is -0.390 e. The van der Waals surface area contributed by atoms with E-state index in [4.69, 9.17) is 9.47 Å². The number of aliphatic hydroxyl groups excluding tert-OH is 1. The zero-order chi connectivity index (χ0) is 70.6. The molecule has 25 nitrogen and oxygen atoms in total. The molecule has 1 aliphatic rings. The molecule has 0 spiro atoms. The molecule has 1 heterocycles. The van der Waals surface area contributed by atoms with E-state index >= 15 is 14.4 Å². The molecular weight excluding hydrogens is 1170 g/mol. The van der Waals surface area contributed by atoms with Gasteiger partial charge in [-0.1, -0.05) is 95.2 Å². The first-order valence-electron chi connectivity index (χ1n) is 32.6.